The van der Waals surface area contributed by atoms with Crippen LogP contribution in [0.15, 0.2) is 54.6 Å². The van der Waals surface area contributed by atoms with Gasteiger partial charge in [-0.05, 0) is 17.2 Å². The Labute approximate surface area is 123 Å². The van der Waals surface area contributed by atoms with E-state index in [9.17, 15) is 9.90 Å². The summed E-state index contributed by atoms with van der Waals surface area (Å²) in [6, 6.07) is 16.2. The predicted octanol–water partition coefficient (Wildman–Crippen LogP) is 2.73. The lowest BCUT2D eigenvalue weighted by molar-refractivity contribution is -0.121. The Bertz CT molecular complexity index is 572. The highest BCUT2D eigenvalue weighted by atomic mass is 35.5. The van der Waals surface area contributed by atoms with Gasteiger partial charge >= 0.3 is 0 Å². The minimum Gasteiger partial charge on any atom is -0.394 e. The standard InChI is InChI=1S/C16H16ClNO2/c17-14-9-5-4-8-13(14)10-16(20)18-15(11-19)12-6-2-1-3-7-12/h1-9,15,19H,10-11H2,(H,18,20)/t15-/m0/s1. The number of halogens is 1. The van der Waals surface area contributed by atoms with Crippen molar-refractivity contribution >= 4 is 17.5 Å². The SMILES string of the molecule is O=C(Cc1ccccc1Cl)N[C@@H](CO)c1ccccc1. The number of rotatable bonds is 5. The van der Waals surface area contributed by atoms with Crippen molar-refractivity contribution in [3.05, 3.63) is 70.7 Å². The van der Waals surface area contributed by atoms with Gasteiger partial charge in [0.15, 0.2) is 0 Å². The molecule has 2 N–H and O–H groups in total. The maximum Gasteiger partial charge on any atom is 0.225 e. The van der Waals surface area contributed by atoms with E-state index in [1.807, 2.05) is 48.5 Å². The minimum absolute atomic E-state index is 0.141. The van der Waals surface area contributed by atoms with E-state index in [0.29, 0.717) is 5.02 Å². The molecule has 0 saturated heterocycles. The van der Waals surface area contributed by atoms with E-state index >= 15 is 0 Å². The highest BCUT2D eigenvalue weighted by Crippen LogP contribution is 2.16. The van der Waals surface area contributed by atoms with Crippen LogP contribution in [0.3, 0.4) is 0 Å². The van der Waals surface area contributed by atoms with Gasteiger partial charge in [-0.2, -0.15) is 0 Å². The molecule has 1 atom stereocenters. The lowest BCUT2D eigenvalue weighted by Gasteiger charge is -2.17. The molecule has 0 aromatic heterocycles. The molecule has 0 radical (unpaired) electrons. The van der Waals surface area contributed by atoms with Crippen LogP contribution < -0.4 is 5.32 Å². The van der Waals surface area contributed by atoms with E-state index in [1.54, 1.807) is 6.07 Å². The average Bonchev–Trinajstić information content (AvgIpc) is 2.48. The summed E-state index contributed by atoms with van der Waals surface area (Å²) in [5.74, 6) is -0.166. The fourth-order valence-electron chi connectivity index (χ4n) is 1.98. The zero-order valence-electron chi connectivity index (χ0n) is 10.9. The van der Waals surface area contributed by atoms with Crippen LogP contribution in [-0.4, -0.2) is 17.6 Å². The molecule has 0 bridgehead atoms. The molecule has 1 amide bonds. The molecule has 0 spiro atoms. The van der Waals surface area contributed by atoms with Crippen molar-refractivity contribution < 1.29 is 9.90 Å². The maximum atomic E-state index is 12.0. The monoisotopic (exact) mass is 289 g/mol. The van der Waals surface area contributed by atoms with Crippen LogP contribution in [0.1, 0.15) is 17.2 Å². The second-order valence-corrected chi connectivity index (χ2v) is 4.89. The van der Waals surface area contributed by atoms with Crippen molar-refractivity contribution in [2.45, 2.75) is 12.5 Å². The van der Waals surface area contributed by atoms with Gasteiger partial charge < -0.3 is 10.4 Å². The fraction of sp³-hybridized carbons (Fsp3) is 0.188. The van der Waals surface area contributed by atoms with Crippen LogP contribution in [-0.2, 0) is 11.2 Å². The lowest BCUT2D eigenvalue weighted by Crippen LogP contribution is -2.32. The lowest BCUT2D eigenvalue weighted by atomic mass is 10.1. The van der Waals surface area contributed by atoms with E-state index in [2.05, 4.69) is 5.32 Å². The summed E-state index contributed by atoms with van der Waals surface area (Å²) >= 11 is 6.03. The predicted molar refractivity (Wildman–Crippen MR) is 79.6 cm³/mol. The second kappa shape index (κ2) is 7.08. The Hall–Kier alpha value is -1.84. The van der Waals surface area contributed by atoms with Gasteiger partial charge in [-0.15, -0.1) is 0 Å². The molecule has 0 unspecified atom stereocenters. The van der Waals surface area contributed by atoms with Crippen LogP contribution >= 0.6 is 11.6 Å². The molecular weight excluding hydrogens is 274 g/mol. The molecule has 2 rings (SSSR count). The number of nitrogens with one attached hydrogen (secondary N) is 1. The summed E-state index contributed by atoms with van der Waals surface area (Å²) in [7, 11) is 0. The Morgan fingerprint density at radius 3 is 2.40 bits per heavy atom. The molecule has 2 aromatic rings. The van der Waals surface area contributed by atoms with Crippen LogP contribution in [0.25, 0.3) is 0 Å². The van der Waals surface area contributed by atoms with Crippen LogP contribution in [0, 0.1) is 0 Å². The number of carbonyl (C=O) groups is 1. The largest absolute Gasteiger partial charge is 0.394 e. The second-order valence-electron chi connectivity index (χ2n) is 4.48. The summed E-state index contributed by atoms with van der Waals surface area (Å²) in [4.78, 5) is 12.0. The number of aliphatic hydroxyl groups excluding tert-OH is 1. The number of hydrogen-bond acceptors (Lipinski definition) is 2. The molecule has 0 aliphatic heterocycles. The van der Waals surface area contributed by atoms with Crippen molar-refractivity contribution in [3.8, 4) is 0 Å². The molecular formula is C16H16ClNO2. The molecule has 0 heterocycles. The molecule has 2 aromatic carbocycles. The van der Waals surface area contributed by atoms with Gasteiger partial charge in [0.1, 0.15) is 0 Å². The van der Waals surface area contributed by atoms with Crippen LogP contribution in [0.2, 0.25) is 5.02 Å². The summed E-state index contributed by atoms with van der Waals surface area (Å²) in [6.07, 6.45) is 0.197. The van der Waals surface area contributed by atoms with Crippen LogP contribution in [0.5, 0.6) is 0 Å². The Morgan fingerprint density at radius 2 is 1.75 bits per heavy atom. The number of carbonyl (C=O) groups excluding carboxylic acids is 1. The number of amides is 1. The van der Waals surface area contributed by atoms with E-state index < -0.39 is 6.04 Å². The fourth-order valence-corrected chi connectivity index (χ4v) is 2.18. The first kappa shape index (κ1) is 14.6. The number of aliphatic hydroxyl groups is 1. The highest BCUT2D eigenvalue weighted by Gasteiger charge is 2.14. The Balaban J connectivity index is 2.02. The molecule has 0 fully saturated rings. The van der Waals surface area contributed by atoms with Crippen molar-refractivity contribution in [1.82, 2.24) is 5.32 Å². The van der Waals surface area contributed by atoms with Crippen molar-refractivity contribution in [2.24, 2.45) is 0 Å². The van der Waals surface area contributed by atoms with Gasteiger partial charge in [0, 0.05) is 5.02 Å². The number of benzene rings is 2. The molecule has 20 heavy (non-hydrogen) atoms. The normalized spacial score (nSPS) is 11.9. The Morgan fingerprint density at radius 1 is 1.10 bits per heavy atom. The van der Waals surface area contributed by atoms with Crippen molar-refractivity contribution in [3.63, 3.8) is 0 Å². The molecule has 3 nitrogen and oxygen atoms in total. The molecule has 4 heteroatoms. The molecule has 0 aliphatic carbocycles. The third-order valence-corrected chi connectivity index (χ3v) is 3.40. The smallest absolute Gasteiger partial charge is 0.225 e. The number of hydrogen-bond donors (Lipinski definition) is 2. The third kappa shape index (κ3) is 3.83. The summed E-state index contributed by atoms with van der Waals surface area (Å²) in [6.45, 7) is -0.141. The highest BCUT2D eigenvalue weighted by molar-refractivity contribution is 6.31. The van der Waals surface area contributed by atoms with E-state index in [-0.39, 0.29) is 18.9 Å². The van der Waals surface area contributed by atoms with Gasteiger partial charge in [-0.25, -0.2) is 0 Å². The summed E-state index contributed by atoms with van der Waals surface area (Å²) in [5, 5.41) is 12.8. The van der Waals surface area contributed by atoms with Gasteiger partial charge in [0.05, 0.1) is 19.1 Å². The first-order valence-electron chi connectivity index (χ1n) is 6.39. The quantitative estimate of drug-likeness (QED) is 0.889. The minimum atomic E-state index is -0.397. The van der Waals surface area contributed by atoms with Gasteiger partial charge in [0.2, 0.25) is 5.91 Å². The van der Waals surface area contributed by atoms with E-state index in [0.717, 1.165) is 11.1 Å². The average molecular weight is 290 g/mol. The first-order chi connectivity index (χ1) is 9.70. The topological polar surface area (TPSA) is 49.3 Å². The van der Waals surface area contributed by atoms with Gasteiger partial charge in [-0.1, -0.05) is 60.1 Å². The van der Waals surface area contributed by atoms with E-state index in [4.69, 9.17) is 11.6 Å². The zero-order chi connectivity index (χ0) is 14.4. The van der Waals surface area contributed by atoms with E-state index in [1.165, 1.54) is 0 Å². The summed E-state index contributed by atoms with van der Waals surface area (Å²) < 4.78 is 0. The molecule has 0 saturated carbocycles. The molecule has 104 valence electrons. The maximum absolute atomic E-state index is 12.0. The van der Waals surface area contributed by atoms with Crippen molar-refractivity contribution in [1.29, 1.82) is 0 Å². The Kier molecular flexibility index (Phi) is 5.16. The zero-order valence-corrected chi connectivity index (χ0v) is 11.7. The first-order valence-corrected chi connectivity index (χ1v) is 6.77. The third-order valence-electron chi connectivity index (χ3n) is 3.03. The van der Waals surface area contributed by atoms with Gasteiger partial charge in [-0.3, -0.25) is 4.79 Å². The summed E-state index contributed by atoms with van der Waals surface area (Å²) in [5.41, 5.74) is 1.65. The van der Waals surface area contributed by atoms with Crippen molar-refractivity contribution in [2.75, 3.05) is 6.61 Å². The van der Waals surface area contributed by atoms with Crippen LogP contribution in [0.4, 0.5) is 0 Å². The van der Waals surface area contributed by atoms with Gasteiger partial charge in [0.25, 0.3) is 0 Å². The molecule has 0 aliphatic rings.